The molecule has 0 unspecified atom stereocenters. The van der Waals surface area contributed by atoms with Crippen LogP contribution < -0.4 is 0 Å². The zero-order valence-corrected chi connectivity index (χ0v) is 14.8. The van der Waals surface area contributed by atoms with Crippen molar-refractivity contribution in [2.24, 2.45) is 0 Å². The Morgan fingerprint density at radius 3 is 2.52 bits per heavy atom. The molecule has 1 aromatic heterocycles. The Morgan fingerprint density at radius 1 is 1.19 bits per heavy atom. The Bertz CT molecular complexity index is 978. The smallest absolute Gasteiger partial charge is 0.258 e. The summed E-state index contributed by atoms with van der Waals surface area (Å²) in [6, 6.07) is 9.11. The molecule has 0 amide bonds. The van der Waals surface area contributed by atoms with E-state index in [1.54, 1.807) is 24.3 Å². The van der Waals surface area contributed by atoms with Gasteiger partial charge in [0.2, 0.25) is 5.16 Å². The number of nitro groups is 1. The van der Waals surface area contributed by atoms with Crippen molar-refractivity contribution >= 4 is 29.1 Å². The van der Waals surface area contributed by atoms with Crippen LogP contribution in [0.5, 0.6) is 0 Å². The molecule has 0 saturated heterocycles. The summed E-state index contributed by atoms with van der Waals surface area (Å²) in [5, 5.41) is 23.0. The summed E-state index contributed by atoms with van der Waals surface area (Å²) in [5.74, 6) is 0.0126. The van der Waals surface area contributed by atoms with Crippen LogP contribution >= 0.6 is 23.4 Å². The highest BCUT2D eigenvalue weighted by Crippen LogP contribution is 2.34. The van der Waals surface area contributed by atoms with Crippen molar-refractivity contribution in [3.63, 3.8) is 0 Å². The molecule has 0 saturated carbocycles. The van der Waals surface area contributed by atoms with Gasteiger partial charge in [-0.1, -0.05) is 23.4 Å². The van der Waals surface area contributed by atoms with Crippen molar-refractivity contribution < 1.29 is 18.1 Å². The molecule has 140 valence electrons. The second-order valence-electron chi connectivity index (χ2n) is 5.28. The third kappa shape index (κ3) is 4.55. The van der Waals surface area contributed by atoms with Crippen molar-refractivity contribution in [3.05, 3.63) is 68.7 Å². The van der Waals surface area contributed by atoms with Gasteiger partial charge in [0.15, 0.2) is 0 Å². The summed E-state index contributed by atoms with van der Waals surface area (Å²) >= 11 is 6.88. The third-order valence-corrected chi connectivity index (χ3v) is 4.64. The zero-order valence-electron chi connectivity index (χ0n) is 13.2. The lowest BCUT2D eigenvalue weighted by atomic mass is 10.1. The molecule has 27 heavy (non-hydrogen) atoms. The highest BCUT2D eigenvalue weighted by Gasteiger charge is 2.32. The van der Waals surface area contributed by atoms with Crippen molar-refractivity contribution in [1.82, 2.24) is 20.2 Å². The van der Waals surface area contributed by atoms with E-state index in [1.165, 1.54) is 4.68 Å². The lowest BCUT2D eigenvalue weighted by molar-refractivity contribution is -0.385. The maximum Gasteiger partial charge on any atom is 0.416 e. The number of nitrogens with zero attached hydrogens (tertiary/aromatic N) is 5. The molecular formula is C15H9ClF3N5O2S. The average Bonchev–Trinajstić information content (AvgIpc) is 3.08. The molecule has 0 aliphatic carbocycles. The number of hydrogen-bond acceptors (Lipinski definition) is 6. The molecule has 7 nitrogen and oxygen atoms in total. The number of aromatic nitrogens is 4. The Kier molecular flexibility index (Phi) is 5.33. The van der Waals surface area contributed by atoms with Crippen LogP contribution in [0.25, 0.3) is 5.69 Å². The Morgan fingerprint density at radius 2 is 1.89 bits per heavy atom. The Labute approximate surface area is 159 Å². The van der Waals surface area contributed by atoms with Gasteiger partial charge in [-0.25, -0.2) is 0 Å². The largest absolute Gasteiger partial charge is 0.416 e. The van der Waals surface area contributed by atoms with E-state index in [2.05, 4.69) is 15.5 Å². The van der Waals surface area contributed by atoms with Crippen LogP contribution in [0.1, 0.15) is 11.1 Å². The molecule has 0 radical (unpaired) electrons. The SMILES string of the molecule is O=[N+]([O-])c1cc(CSc2nnnn2-c2ccc(Cl)cc2)cc(C(F)(F)F)c1. The first-order valence-corrected chi connectivity index (χ1v) is 8.63. The molecule has 0 N–H and O–H groups in total. The van der Waals surface area contributed by atoms with Gasteiger partial charge in [0.05, 0.1) is 16.2 Å². The number of halogens is 4. The molecule has 3 rings (SSSR count). The number of nitro benzene ring substituents is 1. The molecule has 1 heterocycles. The normalized spacial score (nSPS) is 11.6. The van der Waals surface area contributed by atoms with Gasteiger partial charge in [-0.2, -0.15) is 17.9 Å². The Balaban J connectivity index is 1.85. The lowest BCUT2D eigenvalue weighted by Gasteiger charge is -2.09. The van der Waals surface area contributed by atoms with E-state index in [0.717, 1.165) is 23.9 Å². The monoisotopic (exact) mass is 415 g/mol. The Hall–Kier alpha value is -2.66. The summed E-state index contributed by atoms with van der Waals surface area (Å²) < 4.78 is 40.3. The summed E-state index contributed by atoms with van der Waals surface area (Å²) in [6.07, 6.45) is -4.68. The number of non-ortho nitro benzene ring substituents is 1. The zero-order chi connectivity index (χ0) is 19.6. The molecule has 0 aliphatic rings. The number of thioether (sulfide) groups is 1. The molecule has 2 aromatic carbocycles. The van der Waals surface area contributed by atoms with Crippen LogP contribution in [-0.4, -0.2) is 25.1 Å². The van der Waals surface area contributed by atoms with E-state index >= 15 is 0 Å². The topological polar surface area (TPSA) is 86.7 Å². The minimum Gasteiger partial charge on any atom is -0.258 e. The van der Waals surface area contributed by atoms with Gasteiger partial charge in [0.25, 0.3) is 5.69 Å². The van der Waals surface area contributed by atoms with Crippen molar-refractivity contribution in [3.8, 4) is 5.69 Å². The molecule has 0 aliphatic heterocycles. The lowest BCUT2D eigenvalue weighted by Crippen LogP contribution is -2.06. The first-order chi connectivity index (χ1) is 12.7. The van der Waals surface area contributed by atoms with Gasteiger partial charge in [-0.3, -0.25) is 10.1 Å². The van der Waals surface area contributed by atoms with Crippen LogP contribution in [0, 0.1) is 10.1 Å². The van der Waals surface area contributed by atoms with Gasteiger partial charge >= 0.3 is 6.18 Å². The number of tetrazole rings is 1. The molecule has 0 atom stereocenters. The van der Waals surface area contributed by atoms with Gasteiger partial charge in [-0.05, 0) is 46.3 Å². The van der Waals surface area contributed by atoms with E-state index in [4.69, 9.17) is 11.6 Å². The number of benzene rings is 2. The highest BCUT2D eigenvalue weighted by molar-refractivity contribution is 7.98. The minimum absolute atomic E-state index is 0.0126. The van der Waals surface area contributed by atoms with E-state index in [-0.39, 0.29) is 11.3 Å². The number of alkyl halides is 3. The van der Waals surface area contributed by atoms with Crippen molar-refractivity contribution in [1.29, 1.82) is 0 Å². The number of hydrogen-bond donors (Lipinski definition) is 0. The summed E-state index contributed by atoms with van der Waals surface area (Å²) in [4.78, 5) is 10.1. The van der Waals surface area contributed by atoms with Crippen LogP contribution in [0.4, 0.5) is 18.9 Å². The predicted octanol–water partition coefficient (Wildman–Crippen LogP) is 4.54. The van der Waals surface area contributed by atoms with Crippen LogP contribution in [0.2, 0.25) is 5.02 Å². The van der Waals surface area contributed by atoms with E-state index in [1.807, 2.05) is 0 Å². The van der Waals surface area contributed by atoms with Crippen LogP contribution in [-0.2, 0) is 11.9 Å². The molecule has 0 bridgehead atoms. The van der Waals surface area contributed by atoms with Crippen LogP contribution in [0.3, 0.4) is 0 Å². The fraction of sp³-hybridized carbons (Fsp3) is 0.133. The summed E-state index contributed by atoms with van der Waals surface area (Å²) in [6.45, 7) is 0. The number of rotatable bonds is 5. The first kappa shape index (κ1) is 19.1. The van der Waals surface area contributed by atoms with Gasteiger partial charge < -0.3 is 0 Å². The second-order valence-corrected chi connectivity index (χ2v) is 6.66. The van der Waals surface area contributed by atoms with Gasteiger partial charge in [-0.15, -0.1) is 5.10 Å². The van der Waals surface area contributed by atoms with Crippen molar-refractivity contribution in [2.45, 2.75) is 17.1 Å². The fourth-order valence-corrected chi connectivity index (χ4v) is 3.13. The fourth-order valence-electron chi connectivity index (χ4n) is 2.19. The quantitative estimate of drug-likeness (QED) is 0.345. The average molecular weight is 416 g/mol. The van der Waals surface area contributed by atoms with Gasteiger partial charge in [0.1, 0.15) is 0 Å². The van der Waals surface area contributed by atoms with Gasteiger partial charge in [0, 0.05) is 22.9 Å². The van der Waals surface area contributed by atoms with Crippen LogP contribution in [0.15, 0.2) is 47.6 Å². The van der Waals surface area contributed by atoms with E-state index in [0.29, 0.717) is 21.9 Å². The summed E-state index contributed by atoms with van der Waals surface area (Å²) in [5.41, 5.74) is -0.962. The standard InChI is InChI=1S/C15H9ClF3N5O2S/c16-11-1-3-12(4-2-11)23-14(20-21-22-23)27-8-9-5-10(15(17,18)19)7-13(6-9)24(25)26/h1-7H,8H2. The molecule has 3 aromatic rings. The van der Waals surface area contributed by atoms with E-state index < -0.39 is 22.4 Å². The second kappa shape index (κ2) is 7.53. The maximum atomic E-state index is 13.0. The molecular weight excluding hydrogens is 407 g/mol. The molecule has 0 fully saturated rings. The third-order valence-electron chi connectivity index (χ3n) is 3.40. The molecule has 0 spiro atoms. The van der Waals surface area contributed by atoms with Crippen molar-refractivity contribution in [2.75, 3.05) is 0 Å². The molecule has 12 heteroatoms. The summed E-state index contributed by atoms with van der Waals surface area (Å²) in [7, 11) is 0. The highest BCUT2D eigenvalue weighted by atomic mass is 35.5. The minimum atomic E-state index is -4.68. The first-order valence-electron chi connectivity index (χ1n) is 7.27. The predicted molar refractivity (Wildman–Crippen MR) is 91.8 cm³/mol. The van der Waals surface area contributed by atoms with E-state index in [9.17, 15) is 23.3 Å². The maximum absolute atomic E-state index is 13.0.